The maximum Gasteiger partial charge on any atom is 0.122 e. The van der Waals surface area contributed by atoms with Gasteiger partial charge < -0.3 is 9.47 Å². The van der Waals surface area contributed by atoms with Gasteiger partial charge in [0.2, 0.25) is 0 Å². The summed E-state index contributed by atoms with van der Waals surface area (Å²) in [5.74, 6) is 2.31. The first-order valence-corrected chi connectivity index (χ1v) is 8.64. The standard InChI is InChI=1S/C17H22N2O2S/c1-20-16-5-2-6-17(8-16)21-11-14-4-3-7-19(9-14)10-15-12-22-13-18-15/h2,5-6,8,12-14H,3-4,7,9-11H2,1H3/t14-/m1/s1. The van der Waals surface area contributed by atoms with Gasteiger partial charge in [0.15, 0.2) is 0 Å². The van der Waals surface area contributed by atoms with Crippen molar-refractivity contribution in [2.45, 2.75) is 19.4 Å². The van der Waals surface area contributed by atoms with Crippen molar-refractivity contribution in [1.82, 2.24) is 9.88 Å². The molecule has 118 valence electrons. The van der Waals surface area contributed by atoms with Gasteiger partial charge in [0, 0.05) is 30.5 Å². The van der Waals surface area contributed by atoms with Gasteiger partial charge in [0.25, 0.3) is 0 Å². The zero-order valence-corrected chi connectivity index (χ0v) is 13.7. The van der Waals surface area contributed by atoms with Crippen molar-refractivity contribution in [2.75, 3.05) is 26.8 Å². The lowest BCUT2D eigenvalue weighted by Crippen LogP contribution is -2.37. The van der Waals surface area contributed by atoms with Crippen molar-refractivity contribution in [3.8, 4) is 11.5 Å². The average molecular weight is 318 g/mol. The van der Waals surface area contributed by atoms with E-state index in [-0.39, 0.29) is 0 Å². The highest BCUT2D eigenvalue weighted by Gasteiger charge is 2.21. The van der Waals surface area contributed by atoms with Crippen LogP contribution >= 0.6 is 11.3 Å². The minimum Gasteiger partial charge on any atom is -0.497 e. The lowest BCUT2D eigenvalue weighted by molar-refractivity contribution is 0.124. The molecule has 1 fully saturated rings. The van der Waals surface area contributed by atoms with E-state index in [4.69, 9.17) is 9.47 Å². The molecule has 1 aliphatic rings. The Balaban J connectivity index is 1.49. The largest absolute Gasteiger partial charge is 0.497 e. The van der Waals surface area contributed by atoms with Gasteiger partial charge in [0.1, 0.15) is 11.5 Å². The Kier molecular flexibility index (Phi) is 5.29. The van der Waals surface area contributed by atoms with Crippen molar-refractivity contribution >= 4 is 11.3 Å². The Labute approximate surface area is 135 Å². The monoisotopic (exact) mass is 318 g/mol. The minimum absolute atomic E-state index is 0.582. The van der Waals surface area contributed by atoms with Gasteiger partial charge in [0.05, 0.1) is 24.9 Å². The Morgan fingerprint density at radius 1 is 1.36 bits per heavy atom. The smallest absolute Gasteiger partial charge is 0.122 e. The number of nitrogens with zero attached hydrogens (tertiary/aromatic N) is 2. The van der Waals surface area contributed by atoms with E-state index in [1.165, 1.54) is 18.5 Å². The van der Waals surface area contributed by atoms with Crippen LogP contribution in [0.25, 0.3) is 0 Å². The van der Waals surface area contributed by atoms with Crippen LogP contribution in [0.1, 0.15) is 18.5 Å². The molecule has 1 aromatic heterocycles. The molecule has 0 bridgehead atoms. The highest BCUT2D eigenvalue weighted by molar-refractivity contribution is 7.07. The lowest BCUT2D eigenvalue weighted by atomic mass is 9.99. The van der Waals surface area contributed by atoms with Crippen LogP contribution in [0.2, 0.25) is 0 Å². The Hall–Kier alpha value is -1.59. The third kappa shape index (κ3) is 4.21. The zero-order chi connectivity index (χ0) is 15.2. The summed E-state index contributed by atoms with van der Waals surface area (Å²) in [6.45, 7) is 3.97. The Morgan fingerprint density at radius 2 is 2.27 bits per heavy atom. The summed E-state index contributed by atoms with van der Waals surface area (Å²) in [6, 6.07) is 7.82. The van der Waals surface area contributed by atoms with Crippen LogP contribution in [0.15, 0.2) is 35.2 Å². The molecule has 1 aromatic carbocycles. The molecule has 2 heterocycles. The average Bonchev–Trinajstić information content (AvgIpc) is 3.06. The molecule has 0 amide bonds. The van der Waals surface area contributed by atoms with Crippen molar-refractivity contribution < 1.29 is 9.47 Å². The van der Waals surface area contributed by atoms with Crippen LogP contribution in [-0.2, 0) is 6.54 Å². The number of ether oxygens (including phenoxy) is 2. The van der Waals surface area contributed by atoms with Crippen molar-refractivity contribution in [2.24, 2.45) is 5.92 Å². The zero-order valence-electron chi connectivity index (χ0n) is 12.9. The fourth-order valence-corrected chi connectivity index (χ4v) is 3.43. The number of hydrogen-bond acceptors (Lipinski definition) is 5. The van der Waals surface area contributed by atoms with E-state index in [1.807, 2.05) is 29.8 Å². The van der Waals surface area contributed by atoms with E-state index < -0.39 is 0 Å². The highest BCUT2D eigenvalue weighted by atomic mass is 32.1. The molecule has 0 N–H and O–H groups in total. The molecular weight excluding hydrogens is 296 g/mol. The van der Waals surface area contributed by atoms with Crippen LogP contribution in [0, 0.1) is 5.92 Å². The summed E-state index contributed by atoms with van der Waals surface area (Å²) >= 11 is 1.67. The molecular formula is C17H22N2O2S. The number of aromatic nitrogens is 1. The summed E-state index contributed by atoms with van der Waals surface area (Å²) in [4.78, 5) is 6.86. The third-order valence-corrected chi connectivity index (χ3v) is 4.63. The Morgan fingerprint density at radius 3 is 3.09 bits per heavy atom. The van der Waals surface area contributed by atoms with Gasteiger partial charge in [-0.05, 0) is 31.5 Å². The minimum atomic E-state index is 0.582. The SMILES string of the molecule is COc1cccc(OC[C@@H]2CCCN(Cc3cscn3)C2)c1. The van der Waals surface area contributed by atoms with Gasteiger partial charge in [-0.15, -0.1) is 11.3 Å². The Bertz CT molecular complexity index is 574. The van der Waals surface area contributed by atoms with E-state index in [9.17, 15) is 0 Å². The molecule has 4 nitrogen and oxygen atoms in total. The van der Waals surface area contributed by atoms with E-state index >= 15 is 0 Å². The maximum atomic E-state index is 5.95. The van der Waals surface area contributed by atoms with E-state index in [2.05, 4.69) is 15.3 Å². The molecule has 1 atom stereocenters. The topological polar surface area (TPSA) is 34.6 Å². The van der Waals surface area contributed by atoms with Gasteiger partial charge in [-0.2, -0.15) is 0 Å². The summed E-state index contributed by atoms with van der Waals surface area (Å²) in [5.41, 5.74) is 3.09. The predicted octanol–water partition coefficient (Wildman–Crippen LogP) is 3.44. The fraction of sp³-hybridized carbons (Fsp3) is 0.471. The maximum absolute atomic E-state index is 5.95. The van der Waals surface area contributed by atoms with E-state index in [0.717, 1.165) is 37.7 Å². The highest BCUT2D eigenvalue weighted by Crippen LogP contribution is 2.22. The van der Waals surface area contributed by atoms with Crippen molar-refractivity contribution in [3.05, 3.63) is 40.8 Å². The van der Waals surface area contributed by atoms with Crippen molar-refractivity contribution in [3.63, 3.8) is 0 Å². The van der Waals surface area contributed by atoms with Crippen LogP contribution in [-0.4, -0.2) is 36.7 Å². The normalized spacial score (nSPS) is 19.0. The first kappa shape index (κ1) is 15.3. The second-order valence-electron chi connectivity index (χ2n) is 5.71. The summed E-state index contributed by atoms with van der Waals surface area (Å²) in [7, 11) is 1.68. The molecule has 0 spiro atoms. The van der Waals surface area contributed by atoms with Gasteiger partial charge >= 0.3 is 0 Å². The molecule has 5 heteroatoms. The summed E-state index contributed by atoms with van der Waals surface area (Å²) in [6.07, 6.45) is 2.47. The number of likely N-dealkylation sites (tertiary alicyclic amines) is 1. The lowest BCUT2D eigenvalue weighted by Gasteiger charge is -2.32. The number of benzene rings is 1. The summed E-state index contributed by atoms with van der Waals surface area (Å²) in [5, 5.41) is 2.14. The van der Waals surface area contributed by atoms with Gasteiger partial charge in [-0.1, -0.05) is 6.07 Å². The quantitative estimate of drug-likeness (QED) is 0.817. The van der Waals surface area contributed by atoms with Gasteiger partial charge in [-0.25, -0.2) is 4.98 Å². The number of methoxy groups -OCH3 is 1. The van der Waals surface area contributed by atoms with E-state index in [1.54, 1.807) is 18.4 Å². The summed E-state index contributed by atoms with van der Waals surface area (Å²) < 4.78 is 11.2. The number of hydrogen-bond donors (Lipinski definition) is 0. The number of thiazole rings is 1. The number of rotatable bonds is 6. The predicted molar refractivity (Wildman–Crippen MR) is 88.6 cm³/mol. The second-order valence-corrected chi connectivity index (χ2v) is 6.43. The molecule has 0 unspecified atom stereocenters. The first-order valence-electron chi connectivity index (χ1n) is 7.70. The molecule has 3 rings (SSSR count). The van der Waals surface area contributed by atoms with Crippen molar-refractivity contribution in [1.29, 1.82) is 0 Å². The molecule has 1 saturated heterocycles. The van der Waals surface area contributed by atoms with Crippen LogP contribution in [0.4, 0.5) is 0 Å². The van der Waals surface area contributed by atoms with Gasteiger partial charge in [-0.3, -0.25) is 4.90 Å². The fourth-order valence-electron chi connectivity index (χ4n) is 2.88. The third-order valence-electron chi connectivity index (χ3n) is 4.00. The first-order chi connectivity index (χ1) is 10.8. The molecule has 22 heavy (non-hydrogen) atoms. The van der Waals surface area contributed by atoms with Crippen LogP contribution < -0.4 is 9.47 Å². The molecule has 0 aliphatic carbocycles. The van der Waals surface area contributed by atoms with Crippen LogP contribution in [0.3, 0.4) is 0 Å². The molecule has 0 radical (unpaired) electrons. The second kappa shape index (κ2) is 7.61. The molecule has 2 aromatic rings. The van der Waals surface area contributed by atoms with Crippen LogP contribution in [0.5, 0.6) is 11.5 Å². The van der Waals surface area contributed by atoms with E-state index in [0.29, 0.717) is 5.92 Å². The number of piperidine rings is 1. The molecule has 0 saturated carbocycles. The molecule has 1 aliphatic heterocycles.